The Bertz CT molecular complexity index is 1730. The maximum absolute atomic E-state index is 12.7. The number of allylic oxidation sites excluding steroid dienone is 1. The van der Waals surface area contributed by atoms with Crippen molar-refractivity contribution in [2.45, 2.75) is 33.1 Å². The number of rotatable bonds is 7. The van der Waals surface area contributed by atoms with Gasteiger partial charge in [-0.1, -0.05) is 68.1 Å². The molecule has 226 valence electrons. The molecule has 0 atom stereocenters. The van der Waals surface area contributed by atoms with Crippen molar-refractivity contribution in [1.82, 2.24) is 20.1 Å². The number of carbonyl (C=O) groups is 2. The van der Waals surface area contributed by atoms with Gasteiger partial charge in [0.2, 0.25) is 5.91 Å². The highest BCUT2D eigenvalue weighted by molar-refractivity contribution is 8.15. The van der Waals surface area contributed by atoms with Crippen LogP contribution in [0.25, 0.3) is 22.6 Å². The quantitative estimate of drug-likeness (QED) is 0.235. The van der Waals surface area contributed by atoms with Gasteiger partial charge in [-0.15, -0.1) is 18.3 Å². The summed E-state index contributed by atoms with van der Waals surface area (Å²) in [5, 5.41) is 7.42. The molecule has 0 radical (unpaired) electrons. The SMILES string of the molecule is C/C(=C\NC(=O)/N=C1/SCC(=O)N1c1ccccc1C(C)C)c1ccc(-c2ncn(-c3ccc(OC(F)(F)F)cc3)n2)cc1. The molecule has 0 spiro atoms. The zero-order valence-electron chi connectivity index (χ0n) is 23.9. The van der Waals surface area contributed by atoms with Gasteiger partial charge in [-0.05, 0) is 59.9 Å². The summed E-state index contributed by atoms with van der Waals surface area (Å²) in [5.41, 5.74) is 4.55. The molecule has 1 aliphatic rings. The maximum atomic E-state index is 12.7. The van der Waals surface area contributed by atoms with E-state index >= 15 is 0 Å². The third kappa shape index (κ3) is 7.17. The molecule has 0 saturated carbocycles. The summed E-state index contributed by atoms with van der Waals surface area (Å²) >= 11 is 1.22. The van der Waals surface area contributed by atoms with E-state index in [0.717, 1.165) is 28.0 Å². The zero-order chi connectivity index (χ0) is 31.4. The van der Waals surface area contributed by atoms with Crippen molar-refractivity contribution in [2.75, 3.05) is 10.7 Å². The van der Waals surface area contributed by atoms with Crippen molar-refractivity contribution in [3.63, 3.8) is 0 Å². The molecule has 0 bridgehead atoms. The van der Waals surface area contributed by atoms with Crippen LogP contribution in [0.3, 0.4) is 0 Å². The highest BCUT2D eigenvalue weighted by Crippen LogP contribution is 2.33. The standard InChI is InChI=1S/C31H27F3N6O3S/c1-19(2)25-6-4-5-7-26(25)40-27(41)17-44-30(40)37-29(42)35-16-20(3)21-8-10-22(11-9-21)28-36-18-39(38-28)23-12-14-24(15-13-23)43-31(32,33)34/h4-16,18-19H,17H2,1-3H3,(H,35,42)/b20-16+,37-30+. The Morgan fingerprint density at radius 1 is 1.07 bits per heavy atom. The molecule has 13 heteroatoms. The zero-order valence-corrected chi connectivity index (χ0v) is 24.7. The van der Waals surface area contributed by atoms with E-state index in [1.54, 1.807) is 6.20 Å². The normalized spacial score (nSPS) is 14.9. The van der Waals surface area contributed by atoms with Gasteiger partial charge in [0.15, 0.2) is 11.0 Å². The number of alkyl halides is 3. The van der Waals surface area contributed by atoms with Crippen molar-refractivity contribution in [3.05, 3.63) is 96.5 Å². The molecule has 1 fully saturated rings. The second-order valence-electron chi connectivity index (χ2n) is 10.0. The van der Waals surface area contributed by atoms with E-state index in [2.05, 4.69) is 25.1 Å². The lowest BCUT2D eigenvalue weighted by molar-refractivity contribution is -0.274. The van der Waals surface area contributed by atoms with E-state index in [1.807, 2.05) is 69.3 Å². The Hall–Kier alpha value is -4.91. The van der Waals surface area contributed by atoms with Crippen molar-refractivity contribution < 1.29 is 27.5 Å². The van der Waals surface area contributed by atoms with Crippen LogP contribution in [-0.2, 0) is 4.79 Å². The maximum Gasteiger partial charge on any atom is 0.573 e. The number of aliphatic imine (C=N–C) groups is 1. The highest BCUT2D eigenvalue weighted by atomic mass is 32.2. The van der Waals surface area contributed by atoms with E-state index in [9.17, 15) is 22.8 Å². The fraction of sp³-hybridized carbons (Fsp3) is 0.194. The van der Waals surface area contributed by atoms with Crippen LogP contribution in [0.2, 0.25) is 0 Å². The fourth-order valence-electron chi connectivity index (χ4n) is 4.44. The van der Waals surface area contributed by atoms with Crippen LogP contribution in [-0.4, -0.2) is 44.0 Å². The van der Waals surface area contributed by atoms with E-state index in [-0.39, 0.29) is 23.3 Å². The predicted octanol–water partition coefficient (Wildman–Crippen LogP) is 7.16. The summed E-state index contributed by atoms with van der Waals surface area (Å²) in [6, 6.07) is 19.6. The molecular weight excluding hydrogens is 593 g/mol. The lowest BCUT2D eigenvalue weighted by Gasteiger charge is -2.21. The topological polar surface area (TPSA) is 102 Å². The first-order chi connectivity index (χ1) is 21.0. The molecule has 1 N–H and O–H groups in total. The van der Waals surface area contributed by atoms with Crippen LogP contribution in [0.4, 0.5) is 23.7 Å². The molecule has 2 heterocycles. The number of anilines is 1. The van der Waals surface area contributed by atoms with E-state index in [4.69, 9.17) is 0 Å². The first-order valence-corrected chi connectivity index (χ1v) is 14.5. The van der Waals surface area contributed by atoms with Gasteiger partial charge < -0.3 is 10.1 Å². The number of nitrogens with zero attached hydrogens (tertiary/aromatic N) is 5. The summed E-state index contributed by atoms with van der Waals surface area (Å²) < 4.78 is 42.6. The van der Waals surface area contributed by atoms with Gasteiger partial charge in [-0.25, -0.2) is 14.5 Å². The van der Waals surface area contributed by atoms with Crippen molar-refractivity contribution >= 4 is 40.1 Å². The number of halogens is 3. The van der Waals surface area contributed by atoms with Crippen molar-refractivity contribution in [3.8, 4) is 22.8 Å². The molecule has 1 aliphatic heterocycles. The molecule has 3 aromatic carbocycles. The predicted molar refractivity (Wildman–Crippen MR) is 164 cm³/mol. The first-order valence-electron chi connectivity index (χ1n) is 13.5. The molecule has 1 saturated heterocycles. The molecule has 0 unspecified atom stereocenters. The Labute approximate surface area is 255 Å². The van der Waals surface area contributed by atoms with E-state index in [0.29, 0.717) is 16.7 Å². The fourth-order valence-corrected chi connectivity index (χ4v) is 5.29. The number of ether oxygens (including phenoxy) is 1. The average molecular weight is 621 g/mol. The Morgan fingerprint density at radius 2 is 1.77 bits per heavy atom. The van der Waals surface area contributed by atoms with Crippen molar-refractivity contribution in [1.29, 1.82) is 0 Å². The summed E-state index contributed by atoms with van der Waals surface area (Å²) in [6.45, 7) is 5.92. The van der Waals surface area contributed by atoms with Gasteiger partial charge in [-0.3, -0.25) is 9.69 Å². The van der Waals surface area contributed by atoms with Gasteiger partial charge in [0.05, 0.1) is 17.1 Å². The minimum Gasteiger partial charge on any atom is -0.406 e. The lowest BCUT2D eigenvalue weighted by atomic mass is 10.0. The first kappa shape index (κ1) is 30.5. The largest absolute Gasteiger partial charge is 0.573 e. The molecule has 44 heavy (non-hydrogen) atoms. The average Bonchev–Trinajstić information content (AvgIpc) is 3.62. The smallest absolute Gasteiger partial charge is 0.406 e. The number of hydrogen-bond donors (Lipinski definition) is 1. The summed E-state index contributed by atoms with van der Waals surface area (Å²) in [6.07, 6.45) is -1.75. The Balaban J connectivity index is 1.24. The lowest BCUT2D eigenvalue weighted by Crippen LogP contribution is -2.31. The molecule has 3 amide bonds. The number of urea groups is 1. The summed E-state index contributed by atoms with van der Waals surface area (Å²) in [4.78, 5) is 35.4. The van der Waals surface area contributed by atoms with Crippen LogP contribution in [0.5, 0.6) is 5.75 Å². The second kappa shape index (κ2) is 12.8. The third-order valence-corrected chi connectivity index (χ3v) is 7.52. The highest BCUT2D eigenvalue weighted by Gasteiger charge is 2.32. The number of amidine groups is 1. The minimum absolute atomic E-state index is 0.130. The van der Waals surface area contributed by atoms with E-state index < -0.39 is 12.4 Å². The molecule has 0 aliphatic carbocycles. The van der Waals surface area contributed by atoms with Crippen LogP contribution in [0.15, 0.2) is 90.3 Å². The van der Waals surface area contributed by atoms with Gasteiger partial charge in [0.25, 0.3) is 0 Å². The molecule has 5 rings (SSSR count). The number of hydrogen-bond acceptors (Lipinski definition) is 6. The number of thioether (sulfide) groups is 1. The number of benzene rings is 3. The summed E-state index contributed by atoms with van der Waals surface area (Å²) in [7, 11) is 0. The van der Waals surface area contributed by atoms with Gasteiger partial charge in [0.1, 0.15) is 12.1 Å². The van der Waals surface area contributed by atoms with Gasteiger partial charge in [-0.2, -0.15) is 4.99 Å². The molecular formula is C31H27F3N6O3S. The molecule has 4 aromatic rings. The minimum atomic E-state index is -4.76. The van der Waals surface area contributed by atoms with E-state index in [1.165, 1.54) is 51.9 Å². The number of nitrogens with one attached hydrogen (secondary N) is 1. The summed E-state index contributed by atoms with van der Waals surface area (Å²) in [5.74, 6) is 0.354. The number of amides is 3. The van der Waals surface area contributed by atoms with Crippen LogP contribution < -0.4 is 15.0 Å². The second-order valence-corrected chi connectivity index (χ2v) is 11.0. The van der Waals surface area contributed by atoms with Crippen molar-refractivity contribution in [2.24, 2.45) is 4.99 Å². The Kier molecular flexibility index (Phi) is 8.86. The number of aromatic nitrogens is 3. The number of para-hydroxylation sites is 1. The van der Waals surface area contributed by atoms with Crippen LogP contribution >= 0.6 is 11.8 Å². The van der Waals surface area contributed by atoms with Gasteiger partial charge >= 0.3 is 12.4 Å². The Morgan fingerprint density at radius 3 is 2.45 bits per heavy atom. The van der Waals surface area contributed by atoms with Crippen LogP contribution in [0, 0.1) is 0 Å². The van der Waals surface area contributed by atoms with Crippen LogP contribution in [0.1, 0.15) is 37.8 Å². The molecule has 9 nitrogen and oxygen atoms in total. The monoisotopic (exact) mass is 620 g/mol. The number of carbonyl (C=O) groups excluding carboxylic acids is 2. The van der Waals surface area contributed by atoms with Gasteiger partial charge in [0, 0.05) is 11.8 Å². The third-order valence-electron chi connectivity index (χ3n) is 6.60. The molecule has 1 aromatic heterocycles.